The molecule has 9 heteroatoms. The van der Waals surface area contributed by atoms with Gasteiger partial charge in [-0.2, -0.15) is 0 Å². The van der Waals surface area contributed by atoms with Gasteiger partial charge in [-0.15, -0.1) is 0 Å². The Kier molecular flexibility index (Phi) is 31.1. The van der Waals surface area contributed by atoms with Crippen LogP contribution in [0.3, 0.4) is 0 Å². The summed E-state index contributed by atoms with van der Waals surface area (Å²) in [5, 5.41) is 0. The van der Waals surface area contributed by atoms with Crippen LogP contribution in [0.5, 0.6) is 0 Å². The summed E-state index contributed by atoms with van der Waals surface area (Å²) in [5.74, 6) is 0. The predicted molar refractivity (Wildman–Crippen MR) is 131 cm³/mol. The summed E-state index contributed by atoms with van der Waals surface area (Å²) in [4.78, 5) is 9.71. The molecule has 3 N–H and O–H groups in total. The summed E-state index contributed by atoms with van der Waals surface area (Å²) >= 11 is -3.58. The van der Waals surface area contributed by atoms with E-state index in [2.05, 4.69) is 13.8 Å². The number of rotatable bonds is 24. The molecular formula is C24H53O7PTi. The molecule has 0 saturated carbocycles. The second kappa shape index (κ2) is 28.8. The average Bonchev–Trinajstić information content (AvgIpc) is 2.75. The summed E-state index contributed by atoms with van der Waals surface area (Å²) in [5.41, 5.74) is 0. The Morgan fingerprint density at radius 1 is 0.545 bits per heavy atom. The number of unbranched alkanes of at least 4 members (excludes halogenated alkanes) is 18. The first-order chi connectivity index (χ1) is 15.9. The molecule has 0 atom stereocenters. The molecule has 0 bridgehead atoms. The number of phosphoric acid groups is 1. The molecule has 0 amide bonds. The van der Waals surface area contributed by atoms with E-state index in [9.17, 15) is 9.46 Å². The molecule has 0 fully saturated rings. The van der Waals surface area contributed by atoms with Crippen molar-refractivity contribution in [3.05, 3.63) is 0 Å². The van der Waals surface area contributed by atoms with Crippen molar-refractivity contribution in [2.45, 2.75) is 142 Å². The van der Waals surface area contributed by atoms with Gasteiger partial charge in [0, 0.05) is 0 Å². The van der Waals surface area contributed by atoms with Gasteiger partial charge in [-0.3, -0.25) is 9.05 Å². The van der Waals surface area contributed by atoms with Crippen LogP contribution >= 0.6 is 7.82 Å². The normalized spacial score (nSPS) is 11.3. The van der Waals surface area contributed by atoms with Crippen molar-refractivity contribution in [2.24, 2.45) is 0 Å². The topological polar surface area (TPSA) is 113 Å². The molecule has 0 aromatic rings. The van der Waals surface area contributed by atoms with Crippen molar-refractivity contribution in [3.8, 4) is 0 Å². The van der Waals surface area contributed by atoms with Gasteiger partial charge in [0.25, 0.3) is 0 Å². The van der Waals surface area contributed by atoms with Gasteiger partial charge in [-0.05, 0) is 12.8 Å². The van der Waals surface area contributed by atoms with Gasteiger partial charge < -0.3 is 4.89 Å². The van der Waals surface area contributed by atoms with Crippen molar-refractivity contribution in [1.29, 1.82) is 0 Å². The maximum atomic E-state index is 11.8. The van der Waals surface area contributed by atoms with E-state index in [0.717, 1.165) is 25.7 Å². The first kappa shape index (κ1) is 35.7. The number of hydrogen-bond acceptors (Lipinski definition) is 4. The summed E-state index contributed by atoms with van der Waals surface area (Å²) in [7, 11) is -3.85. The summed E-state index contributed by atoms with van der Waals surface area (Å²) in [6.07, 6.45) is 24.8. The van der Waals surface area contributed by atoms with E-state index >= 15 is 0 Å². The molecule has 0 unspecified atom stereocenters. The molecule has 0 aliphatic rings. The third-order valence-corrected chi connectivity index (χ3v) is 6.52. The fraction of sp³-hybridized carbons (Fsp3) is 1.00. The standard InChI is InChI=1S/C24H51O4P.2H2O.O.Ti/c1-3-5-7-9-11-13-15-17-19-21-23-27-29(25,26)28-24-22-20-18-16-14-12-10-8-6-4-2;;;;/h3-24H2,1-2H3,(H,25,26);2*1H2;;/q;;;;+2/p-2. The van der Waals surface area contributed by atoms with Gasteiger partial charge in [0.2, 0.25) is 0 Å². The first-order valence-corrected chi connectivity index (χ1v) is 16.9. The van der Waals surface area contributed by atoms with Crippen molar-refractivity contribution < 1.29 is 47.8 Å². The van der Waals surface area contributed by atoms with E-state index < -0.39 is 26.4 Å². The quantitative estimate of drug-likeness (QED) is 0.0662. The first-order valence-electron chi connectivity index (χ1n) is 13.4. The van der Waals surface area contributed by atoms with Crippen LogP contribution in [0.1, 0.15) is 142 Å². The van der Waals surface area contributed by atoms with Gasteiger partial charge in [0.05, 0.1) is 13.2 Å². The fourth-order valence-corrected chi connectivity index (χ4v) is 4.37. The molecule has 0 spiro atoms. The van der Waals surface area contributed by atoms with Gasteiger partial charge >= 0.3 is 37.1 Å². The zero-order chi connectivity index (χ0) is 25.0. The van der Waals surface area contributed by atoms with Gasteiger partial charge in [0.1, 0.15) is 0 Å². The van der Waals surface area contributed by atoms with Gasteiger partial charge in [0.15, 0.2) is 0 Å². The molecule has 200 valence electrons. The zero-order valence-corrected chi connectivity index (χ0v) is 23.9. The molecular weight excluding hydrogens is 479 g/mol. The van der Waals surface area contributed by atoms with E-state index in [1.54, 1.807) is 0 Å². The van der Waals surface area contributed by atoms with Crippen LogP contribution in [0.2, 0.25) is 0 Å². The molecule has 0 saturated heterocycles. The van der Waals surface area contributed by atoms with Crippen LogP contribution in [0, 0.1) is 0 Å². The van der Waals surface area contributed by atoms with Crippen LogP contribution in [0.25, 0.3) is 0 Å². The molecule has 7 nitrogen and oxygen atoms in total. The minimum atomic E-state index is -3.85. The van der Waals surface area contributed by atoms with Crippen LogP contribution in [-0.4, -0.2) is 25.5 Å². The monoisotopic (exact) mass is 532 g/mol. The van der Waals surface area contributed by atoms with Crippen molar-refractivity contribution in [2.75, 3.05) is 13.2 Å². The average molecular weight is 533 g/mol. The fourth-order valence-electron chi connectivity index (χ4n) is 3.58. The van der Waals surface area contributed by atoms with Crippen LogP contribution in [0.15, 0.2) is 0 Å². The Labute approximate surface area is 210 Å². The minimum absolute atomic E-state index is 0.322. The Bertz CT molecular complexity index is 419. The van der Waals surface area contributed by atoms with E-state index in [-0.39, 0.29) is 0 Å². The molecule has 0 rings (SSSR count). The van der Waals surface area contributed by atoms with Crippen LogP contribution in [-0.2, 0) is 35.6 Å². The number of phosphoric ester groups is 1. The zero-order valence-electron chi connectivity index (χ0n) is 21.5. The maximum absolute atomic E-state index is 11.8. The number of hydrogen-bond donors (Lipinski definition) is 3. The van der Waals surface area contributed by atoms with E-state index in [0.29, 0.717) is 13.2 Å². The van der Waals surface area contributed by atoms with E-state index in [1.165, 1.54) is 103 Å². The summed E-state index contributed by atoms with van der Waals surface area (Å²) in [6.45, 7) is 5.14. The molecule has 0 aliphatic heterocycles. The Morgan fingerprint density at radius 3 is 1.00 bits per heavy atom. The van der Waals surface area contributed by atoms with E-state index in [1.807, 2.05) is 0 Å². The van der Waals surface area contributed by atoms with Crippen LogP contribution in [0.4, 0.5) is 0 Å². The van der Waals surface area contributed by atoms with Crippen molar-refractivity contribution in [1.82, 2.24) is 0 Å². The Morgan fingerprint density at radius 2 is 0.758 bits per heavy atom. The van der Waals surface area contributed by atoms with Crippen molar-refractivity contribution in [3.63, 3.8) is 0 Å². The molecule has 0 aromatic heterocycles. The van der Waals surface area contributed by atoms with Crippen LogP contribution < -0.4 is 0 Å². The van der Waals surface area contributed by atoms with Gasteiger partial charge in [-0.25, -0.2) is 4.57 Å². The summed E-state index contributed by atoms with van der Waals surface area (Å²) in [6, 6.07) is 0. The third-order valence-electron chi connectivity index (χ3n) is 5.50. The Hall–Kier alpha value is 0.544. The second-order valence-corrected chi connectivity index (χ2v) is 11.1. The molecule has 0 aromatic carbocycles. The van der Waals surface area contributed by atoms with E-state index in [4.69, 9.17) is 19.7 Å². The Balaban J connectivity index is 0. The molecule has 0 aliphatic carbocycles. The second-order valence-electron chi connectivity index (χ2n) is 8.78. The molecule has 0 radical (unpaired) electrons. The van der Waals surface area contributed by atoms with Gasteiger partial charge in [-0.1, -0.05) is 129 Å². The SMILES string of the molecule is CCCCCCCCCCCCOP(=O)(O)OCCCCCCCCCCCC.[O]=[Ti]([OH])[OH]. The molecule has 33 heavy (non-hydrogen) atoms. The predicted octanol–water partition coefficient (Wildman–Crippen LogP) is 7.73. The molecule has 0 heterocycles. The van der Waals surface area contributed by atoms with Crippen molar-refractivity contribution >= 4 is 7.82 Å². The summed E-state index contributed by atoms with van der Waals surface area (Å²) < 4.78 is 45.3. The third kappa shape index (κ3) is 37.3.